The highest BCUT2D eigenvalue weighted by molar-refractivity contribution is 5.85. The SMILES string of the molecule is CN(C/C=C/c1ccc2ccccc2c1)Cc1ccc2c(c1)OCCC2.Cl. The Morgan fingerprint density at radius 1 is 1.00 bits per heavy atom. The van der Waals surface area contributed by atoms with E-state index in [1.807, 2.05) is 0 Å². The molecular weight excluding hydrogens is 354 g/mol. The minimum Gasteiger partial charge on any atom is -0.493 e. The monoisotopic (exact) mass is 379 g/mol. The van der Waals surface area contributed by atoms with Crippen molar-refractivity contribution in [2.24, 2.45) is 0 Å². The molecule has 0 bridgehead atoms. The minimum absolute atomic E-state index is 0. The Bertz CT molecular complexity index is 935. The molecule has 0 aliphatic carbocycles. The molecule has 0 saturated heterocycles. The van der Waals surface area contributed by atoms with Gasteiger partial charge in [0.2, 0.25) is 0 Å². The zero-order chi connectivity index (χ0) is 17.8. The lowest BCUT2D eigenvalue weighted by molar-refractivity contribution is 0.287. The number of ether oxygens (including phenoxy) is 1. The van der Waals surface area contributed by atoms with E-state index in [-0.39, 0.29) is 12.4 Å². The Hall–Kier alpha value is -2.29. The van der Waals surface area contributed by atoms with Crippen LogP contribution in [0.1, 0.15) is 23.1 Å². The van der Waals surface area contributed by atoms with E-state index < -0.39 is 0 Å². The number of hydrogen-bond donors (Lipinski definition) is 0. The fraction of sp³-hybridized carbons (Fsp3) is 0.250. The summed E-state index contributed by atoms with van der Waals surface area (Å²) in [6.45, 7) is 2.70. The lowest BCUT2D eigenvalue weighted by Crippen LogP contribution is -2.18. The number of benzene rings is 3. The predicted molar refractivity (Wildman–Crippen MR) is 117 cm³/mol. The second kappa shape index (κ2) is 9.07. The standard InChI is InChI=1S/C24H25NO.ClH/c1-25(18-20-11-13-22-9-5-15-26-24(22)17-20)14-4-6-19-10-12-21-7-2-3-8-23(21)16-19;/h2-4,6-8,10-13,16-17H,5,9,14-15,18H2,1H3;1H/b6-4+;. The predicted octanol–water partition coefficient (Wildman–Crippen LogP) is 5.73. The van der Waals surface area contributed by atoms with Gasteiger partial charge in [-0.25, -0.2) is 0 Å². The number of likely N-dealkylation sites (N-methyl/N-ethyl adjacent to an activating group) is 1. The number of fused-ring (bicyclic) bond motifs is 2. The number of aryl methyl sites for hydroxylation is 1. The van der Waals surface area contributed by atoms with Crippen molar-refractivity contribution in [1.82, 2.24) is 4.90 Å². The maximum absolute atomic E-state index is 5.79. The molecule has 4 rings (SSSR count). The van der Waals surface area contributed by atoms with E-state index in [1.54, 1.807) is 0 Å². The smallest absolute Gasteiger partial charge is 0.122 e. The van der Waals surface area contributed by atoms with Crippen LogP contribution in [0.15, 0.2) is 66.7 Å². The summed E-state index contributed by atoms with van der Waals surface area (Å²) in [5.41, 5.74) is 3.91. The van der Waals surface area contributed by atoms with Crippen LogP contribution in [0.2, 0.25) is 0 Å². The van der Waals surface area contributed by atoms with E-state index in [0.29, 0.717) is 0 Å². The van der Waals surface area contributed by atoms with Gasteiger partial charge in [-0.3, -0.25) is 4.90 Å². The van der Waals surface area contributed by atoms with Crippen LogP contribution in [-0.4, -0.2) is 25.1 Å². The van der Waals surface area contributed by atoms with Crippen molar-refractivity contribution in [2.45, 2.75) is 19.4 Å². The van der Waals surface area contributed by atoms with Crippen LogP contribution in [0.3, 0.4) is 0 Å². The molecule has 1 aliphatic rings. The summed E-state index contributed by atoms with van der Waals surface area (Å²) >= 11 is 0. The zero-order valence-corrected chi connectivity index (χ0v) is 16.5. The Balaban J connectivity index is 0.00000210. The fourth-order valence-corrected chi connectivity index (χ4v) is 3.54. The third-order valence-corrected chi connectivity index (χ3v) is 4.93. The quantitative estimate of drug-likeness (QED) is 0.561. The largest absolute Gasteiger partial charge is 0.493 e. The van der Waals surface area contributed by atoms with E-state index in [4.69, 9.17) is 4.74 Å². The Morgan fingerprint density at radius 2 is 1.85 bits per heavy atom. The molecule has 0 amide bonds. The molecule has 3 heteroatoms. The first-order chi connectivity index (χ1) is 12.8. The first-order valence-corrected chi connectivity index (χ1v) is 9.36. The number of halogens is 1. The number of nitrogens with zero attached hydrogens (tertiary/aromatic N) is 1. The van der Waals surface area contributed by atoms with E-state index in [0.717, 1.165) is 38.3 Å². The first-order valence-electron chi connectivity index (χ1n) is 9.36. The maximum Gasteiger partial charge on any atom is 0.122 e. The summed E-state index contributed by atoms with van der Waals surface area (Å²) in [4.78, 5) is 2.32. The van der Waals surface area contributed by atoms with Gasteiger partial charge in [0.1, 0.15) is 5.75 Å². The molecule has 0 aromatic heterocycles. The van der Waals surface area contributed by atoms with Gasteiger partial charge in [-0.1, -0.05) is 60.7 Å². The van der Waals surface area contributed by atoms with Crippen LogP contribution in [0, 0.1) is 0 Å². The molecule has 2 nitrogen and oxygen atoms in total. The molecule has 1 aliphatic heterocycles. The lowest BCUT2D eigenvalue weighted by atomic mass is 10.0. The third kappa shape index (κ3) is 4.91. The molecule has 0 atom stereocenters. The summed E-state index contributed by atoms with van der Waals surface area (Å²) < 4.78 is 5.79. The average molecular weight is 380 g/mol. The molecule has 0 unspecified atom stereocenters. The minimum atomic E-state index is 0. The van der Waals surface area contributed by atoms with E-state index >= 15 is 0 Å². The van der Waals surface area contributed by atoms with Crippen LogP contribution < -0.4 is 4.74 Å². The fourth-order valence-electron chi connectivity index (χ4n) is 3.54. The van der Waals surface area contributed by atoms with Crippen molar-refractivity contribution in [3.8, 4) is 5.75 Å². The van der Waals surface area contributed by atoms with Gasteiger partial charge in [0, 0.05) is 13.1 Å². The summed E-state index contributed by atoms with van der Waals surface area (Å²) in [5.74, 6) is 1.08. The van der Waals surface area contributed by atoms with Crippen LogP contribution in [0.5, 0.6) is 5.75 Å². The van der Waals surface area contributed by atoms with Crippen molar-refractivity contribution < 1.29 is 4.74 Å². The van der Waals surface area contributed by atoms with Gasteiger partial charge in [-0.05, 0) is 59.5 Å². The molecule has 1 heterocycles. The topological polar surface area (TPSA) is 12.5 Å². The molecule has 140 valence electrons. The summed E-state index contributed by atoms with van der Waals surface area (Å²) in [6, 6.07) is 21.8. The molecule has 3 aromatic carbocycles. The van der Waals surface area contributed by atoms with Gasteiger partial charge in [-0.2, -0.15) is 0 Å². The highest BCUT2D eigenvalue weighted by atomic mass is 35.5. The van der Waals surface area contributed by atoms with E-state index in [2.05, 4.69) is 84.8 Å². The summed E-state index contributed by atoms with van der Waals surface area (Å²) in [5, 5.41) is 2.58. The normalized spacial score (nSPS) is 13.4. The third-order valence-electron chi connectivity index (χ3n) is 4.93. The van der Waals surface area contributed by atoms with Crippen molar-refractivity contribution in [3.05, 3.63) is 83.4 Å². The van der Waals surface area contributed by atoms with Gasteiger partial charge in [0.25, 0.3) is 0 Å². The first kappa shape index (κ1) is 19.5. The number of rotatable bonds is 5. The van der Waals surface area contributed by atoms with Gasteiger partial charge >= 0.3 is 0 Å². The van der Waals surface area contributed by atoms with Crippen molar-refractivity contribution in [1.29, 1.82) is 0 Å². The molecule has 27 heavy (non-hydrogen) atoms. The maximum atomic E-state index is 5.79. The van der Waals surface area contributed by atoms with Gasteiger partial charge in [-0.15, -0.1) is 12.4 Å². The Labute approximate surface area is 167 Å². The van der Waals surface area contributed by atoms with E-state index in [1.165, 1.54) is 27.5 Å². The lowest BCUT2D eigenvalue weighted by Gasteiger charge is -2.20. The van der Waals surface area contributed by atoms with Crippen LogP contribution in [-0.2, 0) is 13.0 Å². The van der Waals surface area contributed by atoms with Gasteiger partial charge in [0.05, 0.1) is 6.61 Å². The number of hydrogen-bond acceptors (Lipinski definition) is 2. The highest BCUT2D eigenvalue weighted by Gasteiger charge is 2.11. The van der Waals surface area contributed by atoms with Gasteiger partial charge in [0.15, 0.2) is 0 Å². The van der Waals surface area contributed by atoms with Crippen LogP contribution in [0.25, 0.3) is 16.8 Å². The molecule has 0 saturated carbocycles. The second-order valence-electron chi connectivity index (χ2n) is 7.10. The summed E-state index contributed by atoms with van der Waals surface area (Å²) in [7, 11) is 2.16. The highest BCUT2D eigenvalue weighted by Crippen LogP contribution is 2.26. The molecule has 0 N–H and O–H groups in total. The molecule has 3 aromatic rings. The molecular formula is C24H26ClNO. The van der Waals surface area contributed by atoms with Crippen LogP contribution in [0.4, 0.5) is 0 Å². The van der Waals surface area contributed by atoms with Crippen molar-refractivity contribution in [2.75, 3.05) is 20.2 Å². The van der Waals surface area contributed by atoms with Gasteiger partial charge < -0.3 is 4.74 Å². The van der Waals surface area contributed by atoms with Crippen molar-refractivity contribution >= 4 is 29.3 Å². The second-order valence-corrected chi connectivity index (χ2v) is 7.10. The van der Waals surface area contributed by atoms with Crippen molar-refractivity contribution in [3.63, 3.8) is 0 Å². The summed E-state index contributed by atoms with van der Waals surface area (Å²) in [6.07, 6.45) is 6.71. The average Bonchev–Trinajstić information content (AvgIpc) is 2.68. The Morgan fingerprint density at radius 3 is 2.74 bits per heavy atom. The molecule has 0 radical (unpaired) electrons. The Kier molecular flexibility index (Phi) is 6.54. The molecule has 0 fully saturated rings. The zero-order valence-electron chi connectivity index (χ0n) is 15.7. The van der Waals surface area contributed by atoms with E-state index in [9.17, 15) is 0 Å². The molecule has 0 spiro atoms. The van der Waals surface area contributed by atoms with Crippen LogP contribution >= 0.6 is 12.4 Å².